The molecule has 1 unspecified atom stereocenters. The maximum Gasteiger partial charge on any atom is 0.417 e. The van der Waals surface area contributed by atoms with Gasteiger partial charge in [0.1, 0.15) is 0 Å². The molecule has 1 atom stereocenters. The van der Waals surface area contributed by atoms with Crippen molar-refractivity contribution in [1.82, 2.24) is 4.90 Å². The van der Waals surface area contributed by atoms with Crippen LogP contribution in [0, 0.1) is 0 Å². The molecule has 3 nitrogen and oxygen atoms in total. The predicted octanol–water partition coefficient (Wildman–Crippen LogP) is 2.80. The average molecular weight is 341 g/mol. The minimum Gasteiger partial charge on any atom is -0.390 e. The van der Waals surface area contributed by atoms with E-state index in [0.29, 0.717) is 12.2 Å². The standard InChI is InChI=1S/C12H16BrF3N2O/c1-18(2)7-9(19)6-17-8-3-4-11(13)10(5-8)12(14,15)16/h3-5,9,17,19H,6-7H2,1-2H3. The molecule has 0 saturated carbocycles. The molecule has 0 heterocycles. The number of halogens is 4. The third kappa shape index (κ3) is 5.38. The van der Waals surface area contributed by atoms with Gasteiger partial charge in [0.15, 0.2) is 0 Å². The van der Waals surface area contributed by atoms with Gasteiger partial charge in [-0.05, 0) is 32.3 Å². The molecule has 0 bridgehead atoms. The second-order valence-corrected chi connectivity index (χ2v) is 5.34. The molecule has 0 aliphatic carbocycles. The topological polar surface area (TPSA) is 35.5 Å². The van der Waals surface area contributed by atoms with Gasteiger partial charge in [0, 0.05) is 23.2 Å². The van der Waals surface area contributed by atoms with Crippen LogP contribution in [0.4, 0.5) is 18.9 Å². The summed E-state index contributed by atoms with van der Waals surface area (Å²) in [5, 5.41) is 12.4. The van der Waals surface area contributed by atoms with Crippen molar-refractivity contribution in [3.8, 4) is 0 Å². The van der Waals surface area contributed by atoms with Crippen LogP contribution < -0.4 is 5.32 Å². The molecule has 1 rings (SSSR count). The molecule has 0 aromatic heterocycles. The lowest BCUT2D eigenvalue weighted by Gasteiger charge is -2.18. The van der Waals surface area contributed by atoms with E-state index in [0.717, 1.165) is 6.07 Å². The molecule has 1 aromatic carbocycles. The summed E-state index contributed by atoms with van der Waals surface area (Å²) in [6, 6.07) is 3.89. The summed E-state index contributed by atoms with van der Waals surface area (Å²) in [5.74, 6) is 0. The Bertz CT molecular complexity index is 424. The van der Waals surface area contributed by atoms with Gasteiger partial charge in [0.25, 0.3) is 0 Å². The Balaban J connectivity index is 2.70. The lowest BCUT2D eigenvalue weighted by molar-refractivity contribution is -0.138. The van der Waals surface area contributed by atoms with Crippen LogP contribution in [0.1, 0.15) is 5.56 Å². The van der Waals surface area contributed by atoms with Crippen LogP contribution >= 0.6 is 15.9 Å². The van der Waals surface area contributed by atoms with Gasteiger partial charge in [-0.1, -0.05) is 15.9 Å². The Kier molecular flexibility index (Phi) is 5.64. The quantitative estimate of drug-likeness (QED) is 0.865. The molecular formula is C12H16BrF3N2O. The predicted molar refractivity (Wildman–Crippen MR) is 72.2 cm³/mol. The fourth-order valence-corrected chi connectivity index (χ4v) is 2.05. The zero-order valence-corrected chi connectivity index (χ0v) is 12.2. The maximum atomic E-state index is 12.7. The van der Waals surface area contributed by atoms with Crippen LogP contribution in [0.15, 0.2) is 22.7 Å². The first kappa shape index (κ1) is 16.3. The fraction of sp³-hybridized carbons (Fsp3) is 0.500. The molecule has 0 saturated heterocycles. The molecule has 19 heavy (non-hydrogen) atoms. The van der Waals surface area contributed by atoms with E-state index >= 15 is 0 Å². The van der Waals surface area contributed by atoms with E-state index in [2.05, 4.69) is 21.2 Å². The van der Waals surface area contributed by atoms with Crippen molar-refractivity contribution in [1.29, 1.82) is 0 Å². The van der Waals surface area contributed by atoms with Gasteiger partial charge >= 0.3 is 6.18 Å². The summed E-state index contributed by atoms with van der Waals surface area (Å²) in [6.07, 6.45) is -5.05. The number of anilines is 1. The van der Waals surface area contributed by atoms with Crippen molar-refractivity contribution in [2.75, 3.05) is 32.5 Å². The zero-order chi connectivity index (χ0) is 14.6. The Hall–Kier alpha value is -0.790. The van der Waals surface area contributed by atoms with Crippen molar-refractivity contribution >= 4 is 21.6 Å². The smallest absolute Gasteiger partial charge is 0.390 e. The molecule has 0 aliphatic rings. The molecule has 0 radical (unpaired) electrons. The van der Waals surface area contributed by atoms with Crippen LogP contribution in [0.2, 0.25) is 0 Å². The summed E-state index contributed by atoms with van der Waals surface area (Å²) < 4.78 is 38.1. The molecule has 108 valence electrons. The first-order valence-corrected chi connectivity index (χ1v) is 6.43. The first-order valence-electron chi connectivity index (χ1n) is 5.63. The fourth-order valence-electron chi connectivity index (χ4n) is 1.57. The second-order valence-electron chi connectivity index (χ2n) is 4.49. The van der Waals surface area contributed by atoms with Gasteiger partial charge in [0.2, 0.25) is 0 Å². The second kappa shape index (κ2) is 6.58. The Morgan fingerprint density at radius 2 is 2.00 bits per heavy atom. The van der Waals surface area contributed by atoms with Gasteiger partial charge in [-0.3, -0.25) is 0 Å². The van der Waals surface area contributed by atoms with E-state index < -0.39 is 17.8 Å². The molecule has 0 aliphatic heterocycles. The monoisotopic (exact) mass is 340 g/mol. The number of rotatable bonds is 5. The Morgan fingerprint density at radius 1 is 1.37 bits per heavy atom. The number of alkyl halides is 3. The number of benzene rings is 1. The summed E-state index contributed by atoms with van der Waals surface area (Å²) >= 11 is 2.88. The third-order valence-corrected chi connectivity index (χ3v) is 3.08. The van der Waals surface area contributed by atoms with Crippen molar-refractivity contribution in [3.05, 3.63) is 28.2 Å². The minimum atomic E-state index is -4.40. The van der Waals surface area contributed by atoms with Gasteiger partial charge in [0.05, 0.1) is 11.7 Å². The van der Waals surface area contributed by atoms with Gasteiger partial charge in [-0.15, -0.1) is 0 Å². The highest BCUT2D eigenvalue weighted by Gasteiger charge is 2.33. The number of aliphatic hydroxyl groups is 1. The van der Waals surface area contributed by atoms with E-state index in [4.69, 9.17) is 0 Å². The number of likely N-dealkylation sites (N-methyl/N-ethyl adjacent to an activating group) is 1. The summed E-state index contributed by atoms with van der Waals surface area (Å²) in [4.78, 5) is 1.80. The van der Waals surface area contributed by atoms with Crippen molar-refractivity contribution in [3.63, 3.8) is 0 Å². The summed E-state index contributed by atoms with van der Waals surface area (Å²) in [7, 11) is 3.62. The molecule has 7 heteroatoms. The van der Waals surface area contributed by atoms with Crippen molar-refractivity contribution in [2.45, 2.75) is 12.3 Å². The molecule has 0 spiro atoms. The highest BCUT2D eigenvalue weighted by atomic mass is 79.9. The molecular weight excluding hydrogens is 325 g/mol. The first-order chi connectivity index (χ1) is 8.70. The van der Waals surface area contributed by atoms with Crippen LogP contribution in [0.5, 0.6) is 0 Å². The Morgan fingerprint density at radius 3 is 2.53 bits per heavy atom. The van der Waals surface area contributed by atoms with E-state index in [9.17, 15) is 18.3 Å². The maximum absolute atomic E-state index is 12.7. The largest absolute Gasteiger partial charge is 0.417 e. The molecule has 0 amide bonds. The lowest BCUT2D eigenvalue weighted by Crippen LogP contribution is -2.31. The van der Waals surface area contributed by atoms with E-state index in [1.807, 2.05) is 14.1 Å². The Labute approximate surface area is 118 Å². The minimum absolute atomic E-state index is 0.000565. The van der Waals surface area contributed by atoms with E-state index in [-0.39, 0.29) is 11.0 Å². The van der Waals surface area contributed by atoms with Gasteiger partial charge < -0.3 is 15.3 Å². The molecule has 1 aromatic rings. The third-order valence-electron chi connectivity index (χ3n) is 2.39. The van der Waals surface area contributed by atoms with Crippen LogP contribution in [0.3, 0.4) is 0 Å². The van der Waals surface area contributed by atoms with E-state index in [1.54, 1.807) is 4.90 Å². The van der Waals surface area contributed by atoms with Crippen LogP contribution in [0.25, 0.3) is 0 Å². The highest BCUT2D eigenvalue weighted by molar-refractivity contribution is 9.10. The number of nitrogens with zero attached hydrogens (tertiary/aromatic N) is 1. The van der Waals surface area contributed by atoms with E-state index in [1.165, 1.54) is 12.1 Å². The number of aliphatic hydroxyl groups excluding tert-OH is 1. The SMILES string of the molecule is CN(C)CC(O)CNc1ccc(Br)c(C(F)(F)F)c1. The lowest BCUT2D eigenvalue weighted by atomic mass is 10.2. The van der Waals surface area contributed by atoms with Crippen molar-refractivity contribution in [2.24, 2.45) is 0 Å². The van der Waals surface area contributed by atoms with Crippen LogP contribution in [-0.4, -0.2) is 43.3 Å². The number of hydrogen-bond donors (Lipinski definition) is 2. The molecule has 2 N–H and O–H groups in total. The molecule has 0 fully saturated rings. The summed E-state index contributed by atoms with van der Waals surface area (Å²) in [5.41, 5.74) is -0.409. The summed E-state index contributed by atoms with van der Waals surface area (Å²) in [6.45, 7) is 0.632. The normalized spacial score (nSPS) is 13.7. The van der Waals surface area contributed by atoms with Crippen LogP contribution in [-0.2, 0) is 6.18 Å². The number of hydrogen-bond acceptors (Lipinski definition) is 3. The highest BCUT2D eigenvalue weighted by Crippen LogP contribution is 2.36. The number of nitrogens with one attached hydrogen (secondary N) is 1. The average Bonchev–Trinajstić information content (AvgIpc) is 2.25. The van der Waals surface area contributed by atoms with Gasteiger partial charge in [-0.25, -0.2) is 0 Å². The van der Waals surface area contributed by atoms with Crippen molar-refractivity contribution < 1.29 is 18.3 Å². The zero-order valence-electron chi connectivity index (χ0n) is 10.6. The van der Waals surface area contributed by atoms with Gasteiger partial charge in [-0.2, -0.15) is 13.2 Å².